The molecule has 106 valence electrons. The van der Waals surface area contributed by atoms with Crippen molar-refractivity contribution in [1.29, 1.82) is 0 Å². The van der Waals surface area contributed by atoms with E-state index in [0.29, 0.717) is 18.1 Å². The van der Waals surface area contributed by atoms with Gasteiger partial charge in [-0.3, -0.25) is 0 Å². The lowest BCUT2D eigenvalue weighted by atomic mass is 9.80. The Kier molecular flexibility index (Phi) is 3.53. The first kappa shape index (κ1) is 13.2. The van der Waals surface area contributed by atoms with Crippen molar-refractivity contribution in [3.8, 4) is 11.5 Å². The van der Waals surface area contributed by atoms with Gasteiger partial charge >= 0.3 is 0 Å². The highest BCUT2D eigenvalue weighted by molar-refractivity contribution is 5.48. The van der Waals surface area contributed by atoms with Crippen LogP contribution in [0.5, 0.6) is 0 Å². The molecular formula is C15H20N4O. The van der Waals surface area contributed by atoms with Gasteiger partial charge in [0, 0.05) is 17.7 Å². The van der Waals surface area contributed by atoms with Gasteiger partial charge in [-0.25, -0.2) is 4.98 Å². The molecule has 2 N–H and O–H groups in total. The highest BCUT2D eigenvalue weighted by atomic mass is 16.5. The van der Waals surface area contributed by atoms with Gasteiger partial charge in [-0.05, 0) is 31.9 Å². The second kappa shape index (κ2) is 5.32. The van der Waals surface area contributed by atoms with E-state index in [1.54, 1.807) is 0 Å². The maximum absolute atomic E-state index is 6.42. The molecule has 1 aliphatic carbocycles. The molecule has 20 heavy (non-hydrogen) atoms. The highest BCUT2D eigenvalue weighted by Crippen LogP contribution is 2.29. The number of aromatic nitrogens is 3. The minimum absolute atomic E-state index is 0.178. The Morgan fingerprint density at radius 3 is 2.75 bits per heavy atom. The maximum atomic E-state index is 6.42. The fourth-order valence-corrected chi connectivity index (χ4v) is 2.83. The fourth-order valence-electron chi connectivity index (χ4n) is 2.83. The maximum Gasteiger partial charge on any atom is 0.228 e. The van der Waals surface area contributed by atoms with Crippen molar-refractivity contribution in [2.24, 2.45) is 5.73 Å². The second-order valence-corrected chi connectivity index (χ2v) is 5.78. The molecule has 1 fully saturated rings. The predicted molar refractivity (Wildman–Crippen MR) is 76.0 cm³/mol. The van der Waals surface area contributed by atoms with Crippen molar-refractivity contribution in [1.82, 2.24) is 15.1 Å². The average molecular weight is 272 g/mol. The molecule has 0 amide bonds. The molecule has 2 aromatic rings. The van der Waals surface area contributed by atoms with Gasteiger partial charge in [0.25, 0.3) is 0 Å². The molecule has 1 aliphatic rings. The predicted octanol–water partition coefficient (Wildman–Crippen LogP) is 2.64. The van der Waals surface area contributed by atoms with Gasteiger partial charge in [-0.15, -0.1) is 0 Å². The molecule has 0 bridgehead atoms. The first-order chi connectivity index (χ1) is 9.65. The van der Waals surface area contributed by atoms with Crippen LogP contribution in [0.25, 0.3) is 11.5 Å². The Bertz CT molecular complexity index is 587. The summed E-state index contributed by atoms with van der Waals surface area (Å²) in [5, 5.41) is 4.02. The fraction of sp³-hybridized carbons (Fsp3) is 0.533. The zero-order valence-corrected chi connectivity index (χ0v) is 11.8. The number of pyridine rings is 1. The van der Waals surface area contributed by atoms with Crippen LogP contribution in [0.3, 0.4) is 0 Å². The number of aryl methyl sites for hydroxylation is 1. The molecule has 3 rings (SSSR count). The average Bonchev–Trinajstić information content (AvgIpc) is 2.87. The van der Waals surface area contributed by atoms with Gasteiger partial charge in [0.1, 0.15) is 5.69 Å². The van der Waals surface area contributed by atoms with Crippen LogP contribution in [0, 0.1) is 6.92 Å². The third-order valence-corrected chi connectivity index (χ3v) is 3.94. The quantitative estimate of drug-likeness (QED) is 0.929. The van der Waals surface area contributed by atoms with Crippen LogP contribution in [0.15, 0.2) is 22.7 Å². The van der Waals surface area contributed by atoms with E-state index in [4.69, 9.17) is 10.3 Å². The van der Waals surface area contributed by atoms with E-state index in [9.17, 15) is 0 Å². The van der Waals surface area contributed by atoms with Crippen molar-refractivity contribution >= 4 is 0 Å². The Morgan fingerprint density at radius 2 is 2.00 bits per heavy atom. The van der Waals surface area contributed by atoms with Gasteiger partial charge in [0.2, 0.25) is 11.7 Å². The van der Waals surface area contributed by atoms with Crippen LogP contribution >= 0.6 is 0 Å². The van der Waals surface area contributed by atoms with Gasteiger partial charge in [0.05, 0.1) is 0 Å². The molecule has 2 aromatic heterocycles. The SMILES string of the molecule is Cc1cccc(-c2noc(CC3(N)CCCCC3)n2)n1. The third-order valence-electron chi connectivity index (χ3n) is 3.94. The summed E-state index contributed by atoms with van der Waals surface area (Å²) < 4.78 is 5.35. The van der Waals surface area contributed by atoms with Crippen LogP contribution in [0.1, 0.15) is 43.7 Å². The van der Waals surface area contributed by atoms with Crippen molar-refractivity contribution in [2.75, 3.05) is 0 Å². The van der Waals surface area contributed by atoms with E-state index < -0.39 is 0 Å². The van der Waals surface area contributed by atoms with Crippen LogP contribution in [-0.2, 0) is 6.42 Å². The van der Waals surface area contributed by atoms with E-state index in [2.05, 4.69) is 15.1 Å². The molecule has 0 saturated heterocycles. The summed E-state index contributed by atoms with van der Waals surface area (Å²) in [4.78, 5) is 8.85. The summed E-state index contributed by atoms with van der Waals surface area (Å²) in [6, 6.07) is 5.78. The summed E-state index contributed by atoms with van der Waals surface area (Å²) >= 11 is 0. The van der Waals surface area contributed by atoms with E-state index in [-0.39, 0.29) is 5.54 Å². The summed E-state index contributed by atoms with van der Waals surface area (Å²) in [7, 11) is 0. The first-order valence-corrected chi connectivity index (χ1v) is 7.20. The molecule has 0 spiro atoms. The van der Waals surface area contributed by atoms with Crippen molar-refractivity contribution in [3.05, 3.63) is 29.8 Å². The molecule has 5 nitrogen and oxygen atoms in total. The molecule has 0 aliphatic heterocycles. The third kappa shape index (κ3) is 2.88. The summed E-state index contributed by atoms with van der Waals surface area (Å²) in [5.74, 6) is 1.16. The molecule has 1 saturated carbocycles. The first-order valence-electron chi connectivity index (χ1n) is 7.20. The Morgan fingerprint density at radius 1 is 1.20 bits per heavy atom. The van der Waals surface area contributed by atoms with Crippen LogP contribution in [-0.4, -0.2) is 20.7 Å². The van der Waals surface area contributed by atoms with Crippen molar-refractivity contribution in [3.63, 3.8) is 0 Å². The standard InChI is InChI=1S/C15H20N4O/c1-11-6-5-7-12(17-11)14-18-13(20-19-14)10-15(16)8-3-2-4-9-15/h5-7H,2-4,8-10,16H2,1H3. The molecule has 2 heterocycles. The van der Waals surface area contributed by atoms with E-state index in [0.717, 1.165) is 24.2 Å². The highest BCUT2D eigenvalue weighted by Gasteiger charge is 2.30. The van der Waals surface area contributed by atoms with E-state index in [1.165, 1.54) is 19.3 Å². The van der Waals surface area contributed by atoms with E-state index >= 15 is 0 Å². The monoisotopic (exact) mass is 272 g/mol. The van der Waals surface area contributed by atoms with Crippen LogP contribution in [0.4, 0.5) is 0 Å². The normalized spacial score (nSPS) is 18.1. The van der Waals surface area contributed by atoms with E-state index in [1.807, 2.05) is 25.1 Å². The molecule has 0 unspecified atom stereocenters. The summed E-state index contributed by atoms with van der Waals surface area (Å²) in [6.07, 6.45) is 6.39. The Labute approximate surface area is 118 Å². The smallest absolute Gasteiger partial charge is 0.228 e. The lowest BCUT2D eigenvalue weighted by Gasteiger charge is -2.31. The lowest BCUT2D eigenvalue weighted by molar-refractivity contribution is 0.261. The van der Waals surface area contributed by atoms with Gasteiger partial charge in [-0.2, -0.15) is 4.98 Å². The minimum atomic E-state index is -0.178. The molecule has 5 heteroatoms. The molecule has 0 atom stereocenters. The Hall–Kier alpha value is -1.75. The van der Waals surface area contributed by atoms with Crippen molar-refractivity contribution < 1.29 is 4.52 Å². The number of rotatable bonds is 3. The molecular weight excluding hydrogens is 252 g/mol. The number of hydrogen-bond donors (Lipinski definition) is 1. The van der Waals surface area contributed by atoms with Gasteiger partial charge < -0.3 is 10.3 Å². The largest absolute Gasteiger partial charge is 0.339 e. The summed E-state index contributed by atoms with van der Waals surface area (Å²) in [6.45, 7) is 1.95. The Balaban J connectivity index is 1.77. The summed E-state index contributed by atoms with van der Waals surface area (Å²) in [5.41, 5.74) is 7.93. The lowest BCUT2D eigenvalue weighted by Crippen LogP contribution is -2.43. The molecule has 0 aromatic carbocycles. The van der Waals surface area contributed by atoms with Gasteiger partial charge in [-0.1, -0.05) is 30.5 Å². The number of hydrogen-bond acceptors (Lipinski definition) is 5. The van der Waals surface area contributed by atoms with Gasteiger partial charge in [0.15, 0.2) is 0 Å². The van der Waals surface area contributed by atoms with Crippen LogP contribution in [0.2, 0.25) is 0 Å². The number of nitrogens with zero attached hydrogens (tertiary/aromatic N) is 3. The zero-order valence-electron chi connectivity index (χ0n) is 11.8. The second-order valence-electron chi connectivity index (χ2n) is 5.78. The topological polar surface area (TPSA) is 77.8 Å². The number of nitrogens with two attached hydrogens (primary N) is 1. The van der Waals surface area contributed by atoms with Crippen molar-refractivity contribution in [2.45, 2.75) is 51.0 Å². The minimum Gasteiger partial charge on any atom is -0.339 e. The zero-order chi connectivity index (χ0) is 14.0. The van der Waals surface area contributed by atoms with Crippen LogP contribution < -0.4 is 5.73 Å². The molecule has 0 radical (unpaired) electrons.